The van der Waals surface area contributed by atoms with Gasteiger partial charge in [-0.05, 0) is 43.4 Å². The Kier molecular flexibility index (Phi) is 8.77. The van der Waals surface area contributed by atoms with E-state index in [4.69, 9.17) is 0 Å². The molecule has 160 valence electrons. The Bertz CT molecular complexity index is 533. The molecule has 1 heterocycles. The third-order valence-corrected chi connectivity index (χ3v) is 5.90. The second kappa shape index (κ2) is 10.8. The van der Waals surface area contributed by atoms with Crippen molar-refractivity contribution in [2.45, 2.75) is 78.7 Å². The Morgan fingerprint density at radius 3 is 2.07 bits per heavy atom. The van der Waals surface area contributed by atoms with Crippen LogP contribution in [0.2, 0.25) is 0 Å². The molecule has 0 radical (unpaired) electrons. The lowest BCUT2D eigenvalue weighted by Crippen LogP contribution is -2.54. The van der Waals surface area contributed by atoms with Crippen molar-refractivity contribution in [3.05, 3.63) is 0 Å². The molecule has 1 aliphatic heterocycles. The Hall–Kier alpha value is -1.59. The summed E-state index contributed by atoms with van der Waals surface area (Å²) in [4.78, 5) is 39.8. The molecule has 1 atom stereocenters. The number of piperidine rings is 1. The van der Waals surface area contributed by atoms with E-state index in [2.05, 4.69) is 24.5 Å². The van der Waals surface area contributed by atoms with E-state index in [-0.39, 0.29) is 29.6 Å². The lowest BCUT2D eigenvalue weighted by Gasteiger charge is -2.37. The quantitative estimate of drug-likeness (QED) is 0.665. The van der Waals surface area contributed by atoms with Gasteiger partial charge in [0.25, 0.3) is 0 Å². The molecule has 1 saturated carbocycles. The van der Waals surface area contributed by atoms with Crippen LogP contribution in [0.15, 0.2) is 0 Å². The molecule has 1 unspecified atom stereocenters. The molecule has 1 saturated heterocycles. The van der Waals surface area contributed by atoms with Gasteiger partial charge in [0.05, 0.1) is 0 Å². The van der Waals surface area contributed by atoms with Crippen LogP contribution in [0.1, 0.15) is 72.6 Å². The van der Waals surface area contributed by atoms with Gasteiger partial charge < -0.3 is 15.5 Å². The van der Waals surface area contributed by atoms with E-state index < -0.39 is 6.04 Å². The van der Waals surface area contributed by atoms with Crippen LogP contribution in [0.5, 0.6) is 0 Å². The molecule has 6 heteroatoms. The third-order valence-electron chi connectivity index (χ3n) is 5.90. The van der Waals surface area contributed by atoms with Gasteiger partial charge in [-0.2, -0.15) is 0 Å². The molecule has 2 N–H and O–H groups in total. The summed E-state index contributed by atoms with van der Waals surface area (Å²) in [5.41, 5.74) is 0. The number of carbonyl (C=O) groups is 3. The molecule has 2 rings (SSSR count). The van der Waals surface area contributed by atoms with Crippen molar-refractivity contribution < 1.29 is 14.4 Å². The monoisotopic (exact) mass is 393 g/mol. The first-order valence-corrected chi connectivity index (χ1v) is 11.1. The molecule has 0 aromatic carbocycles. The van der Waals surface area contributed by atoms with Gasteiger partial charge in [0.2, 0.25) is 17.7 Å². The number of carbonyl (C=O) groups excluding carboxylic acids is 3. The molecule has 0 aromatic rings. The minimum atomic E-state index is -0.506. The van der Waals surface area contributed by atoms with Crippen LogP contribution in [0.4, 0.5) is 0 Å². The number of nitrogens with zero attached hydrogens (tertiary/aromatic N) is 1. The maximum atomic E-state index is 12.8. The lowest BCUT2D eigenvalue weighted by atomic mass is 9.87. The molecule has 6 nitrogen and oxygen atoms in total. The Morgan fingerprint density at radius 2 is 1.54 bits per heavy atom. The van der Waals surface area contributed by atoms with E-state index in [1.54, 1.807) is 0 Å². The van der Waals surface area contributed by atoms with E-state index >= 15 is 0 Å². The number of hydrogen-bond donors (Lipinski definition) is 2. The number of rotatable bonds is 8. The van der Waals surface area contributed by atoms with Crippen molar-refractivity contribution in [3.8, 4) is 0 Å². The predicted octanol–water partition coefficient (Wildman–Crippen LogP) is 2.72. The zero-order chi connectivity index (χ0) is 20.7. The Labute approximate surface area is 170 Å². The predicted molar refractivity (Wildman–Crippen MR) is 110 cm³/mol. The Balaban J connectivity index is 1.95. The summed E-state index contributed by atoms with van der Waals surface area (Å²) < 4.78 is 0. The number of amides is 3. The van der Waals surface area contributed by atoms with Gasteiger partial charge in [-0.3, -0.25) is 14.4 Å². The highest BCUT2D eigenvalue weighted by atomic mass is 16.2. The van der Waals surface area contributed by atoms with E-state index in [0.717, 1.165) is 38.5 Å². The van der Waals surface area contributed by atoms with Gasteiger partial charge in [-0.25, -0.2) is 0 Å². The maximum Gasteiger partial charge on any atom is 0.242 e. The first kappa shape index (κ1) is 22.7. The van der Waals surface area contributed by atoms with Crippen LogP contribution in [-0.2, 0) is 14.4 Å². The van der Waals surface area contributed by atoms with Crippen LogP contribution in [0, 0.1) is 23.7 Å². The normalized spacial score (nSPS) is 19.9. The van der Waals surface area contributed by atoms with Crippen LogP contribution in [0.25, 0.3) is 0 Å². The number of hydrogen-bond acceptors (Lipinski definition) is 3. The van der Waals surface area contributed by atoms with Crippen molar-refractivity contribution in [2.75, 3.05) is 19.6 Å². The fourth-order valence-electron chi connectivity index (χ4n) is 4.30. The molecule has 2 fully saturated rings. The van der Waals surface area contributed by atoms with E-state index in [9.17, 15) is 14.4 Å². The van der Waals surface area contributed by atoms with Gasteiger partial charge in [0.1, 0.15) is 6.04 Å². The maximum absolute atomic E-state index is 12.8. The highest BCUT2D eigenvalue weighted by Gasteiger charge is 2.35. The molecule has 0 aromatic heterocycles. The minimum Gasteiger partial charge on any atom is -0.354 e. The van der Waals surface area contributed by atoms with Crippen molar-refractivity contribution >= 4 is 17.7 Å². The summed E-state index contributed by atoms with van der Waals surface area (Å²) in [5, 5.41) is 5.97. The van der Waals surface area contributed by atoms with Crippen LogP contribution < -0.4 is 10.6 Å². The zero-order valence-corrected chi connectivity index (χ0v) is 18.1. The first-order valence-electron chi connectivity index (χ1n) is 11.1. The standard InChI is InChI=1S/C22H39N3O3/c1-15(2)13-19(26)24-20(21(27)23-14-16(3)4)17-9-11-25(12-10-17)22(28)18-7-5-6-8-18/h15-18,20H,5-14H2,1-4H3,(H,23,27)(H,24,26). The van der Waals surface area contributed by atoms with E-state index in [1.807, 2.05) is 18.7 Å². The largest absolute Gasteiger partial charge is 0.354 e. The van der Waals surface area contributed by atoms with Crippen molar-refractivity contribution in [2.24, 2.45) is 23.7 Å². The summed E-state index contributed by atoms with van der Waals surface area (Å²) in [5.74, 6) is 1.03. The molecule has 28 heavy (non-hydrogen) atoms. The average Bonchev–Trinajstić information content (AvgIpc) is 3.18. The molecule has 3 amide bonds. The topological polar surface area (TPSA) is 78.5 Å². The SMILES string of the molecule is CC(C)CNC(=O)C(NC(=O)CC(C)C)C1CCN(C(=O)C2CCCC2)CC1. The van der Waals surface area contributed by atoms with Crippen molar-refractivity contribution in [3.63, 3.8) is 0 Å². The van der Waals surface area contributed by atoms with Crippen LogP contribution in [-0.4, -0.2) is 48.3 Å². The molecule has 2 aliphatic rings. The number of nitrogens with one attached hydrogen (secondary N) is 2. The van der Waals surface area contributed by atoms with Crippen molar-refractivity contribution in [1.29, 1.82) is 0 Å². The molecule has 0 bridgehead atoms. The van der Waals surface area contributed by atoms with Gasteiger partial charge in [0.15, 0.2) is 0 Å². The molecular formula is C22H39N3O3. The van der Waals surface area contributed by atoms with Crippen molar-refractivity contribution in [1.82, 2.24) is 15.5 Å². The van der Waals surface area contributed by atoms with E-state index in [0.29, 0.717) is 37.9 Å². The fraction of sp³-hybridized carbons (Fsp3) is 0.864. The molecular weight excluding hydrogens is 354 g/mol. The summed E-state index contributed by atoms with van der Waals surface area (Å²) in [6.07, 6.45) is 6.31. The molecule has 0 spiro atoms. The third kappa shape index (κ3) is 6.78. The summed E-state index contributed by atoms with van der Waals surface area (Å²) in [6.45, 7) is 10.1. The minimum absolute atomic E-state index is 0.0656. The summed E-state index contributed by atoms with van der Waals surface area (Å²) in [6, 6.07) is -0.506. The van der Waals surface area contributed by atoms with Gasteiger partial charge in [-0.15, -0.1) is 0 Å². The van der Waals surface area contributed by atoms with Crippen LogP contribution >= 0.6 is 0 Å². The smallest absolute Gasteiger partial charge is 0.242 e. The number of likely N-dealkylation sites (tertiary alicyclic amines) is 1. The van der Waals surface area contributed by atoms with Crippen LogP contribution in [0.3, 0.4) is 0 Å². The first-order chi connectivity index (χ1) is 13.3. The van der Waals surface area contributed by atoms with E-state index in [1.165, 1.54) is 0 Å². The average molecular weight is 394 g/mol. The Morgan fingerprint density at radius 1 is 0.929 bits per heavy atom. The second-order valence-electron chi connectivity index (χ2n) is 9.43. The lowest BCUT2D eigenvalue weighted by molar-refractivity contribution is -0.138. The summed E-state index contributed by atoms with van der Waals surface area (Å²) in [7, 11) is 0. The highest BCUT2D eigenvalue weighted by Crippen LogP contribution is 2.29. The second-order valence-corrected chi connectivity index (χ2v) is 9.43. The van der Waals surface area contributed by atoms with Gasteiger partial charge in [0, 0.05) is 32.0 Å². The fourth-order valence-corrected chi connectivity index (χ4v) is 4.30. The van der Waals surface area contributed by atoms with Gasteiger partial charge in [-0.1, -0.05) is 40.5 Å². The van der Waals surface area contributed by atoms with Gasteiger partial charge >= 0.3 is 0 Å². The zero-order valence-electron chi connectivity index (χ0n) is 18.1. The highest BCUT2D eigenvalue weighted by molar-refractivity contribution is 5.88. The summed E-state index contributed by atoms with van der Waals surface area (Å²) >= 11 is 0. The molecule has 1 aliphatic carbocycles.